The van der Waals surface area contributed by atoms with E-state index in [1.165, 1.54) is 0 Å². The highest BCUT2D eigenvalue weighted by Crippen LogP contribution is 2.29. The molecule has 3 N–H and O–H groups in total. The van der Waals surface area contributed by atoms with E-state index < -0.39 is 0 Å². The zero-order chi connectivity index (χ0) is 10.7. The second-order valence-electron chi connectivity index (χ2n) is 3.50. The van der Waals surface area contributed by atoms with Crippen molar-refractivity contribution in [2.24, 2.45) is 5.84 Å². The van der Waals surface area contributed by atoms with Crippen molar-refractivity contribution in [2.45, 2.75) is 25.8 Å². The Labute approximate surface area is 93.1 Å². The highest BCUT2D eigenvalue weighted by atomic mass is 32.1. The van der Waals surface area contributed by atoms with Gasteiger partial charge in [0.05, 0.1) is 22.7 Å². The Balaban J connectivity index is 2.24. The second kappa shape index (κ2) is 4.74. The predicted molar refractivity (Wildman–Crippen MR) is 60.2 cm³/mol. The van der Waals surface area contributed by atoms with Crippen molar-refractivity contribution in [3.8, 4) is 0 Å². The number of aryl methyl sites for hydroxylation is 1. The molecular formula is C10H15N3OS. The Morgan fingerprint density at radius 2 is 2.53 bits per heavy atom. The number of nitrogens with two attached hydrogens (primary N) is 1. The average molecular weight is 225 g/mol. The molecule has 5 heteroatoms. The topological polar surface area (TPSA) is 60.2 Å². The van der Waals surface area contributed by atoms with Gasteiger partial charge in [-0.3, -0.25) is 5.84 Å². The first-order chi connectivity index (χ1) is 7.33. The van der Waals surface area contributed by atoms with Crippen molar-refractivity contribution in [3.05, 3.63) is 27.9 Å². The molecule has 1 atom stereocenters. The van der Waals surface area contributed by atoms with Gasteiger partial charge in [-0.2, -0.15) is 0 Å². The molecule has 0 spiro atoms. The SMILES string of the molecule is Cc1ncsc1C(NN)C1=CCCCO1. The maximum Gasteiger partial charge on any atom is 0.116 e. The minimum atomic E-state index is -0.0437. The fourth-order valence-electron chi connectivity index (χ4n) is 1.65. The van der Waals surface area contributed by atoms with E-state index in [-0.39, 0.29) is 6.04 Å². The maximum atomic E-state index is 5.61. The second-order valence-corrected chi connectivity index (χ2v) is 4.39. The van der Waals surface area contributed by atoms with Crippen LogP contribution in [0.25, 0.3) is 0 Å². The van der Waals surface area contributed by atoms with Crippen molar-refractivity contribution in [3.63, 3.8) is 0 Å². The van der Waals surface area contributed by atoms with E-state index in [0.29, 0.717) is 0 Å². The standard InChI is InChI=1S/C10H15N3OS/c1-7-10(15-6-12-7)9(13-11)8-4-2-3-5-14-8/h4,6,9,13H,2-3,5,11H2,1H3. The minimum Gasteiger partial charge on any atom is -0.496 e. The van der Waals surface area contributed by atoms with Crippen molar-refractivity contribution in [1.29, 1.82) is 0 Å². The molecule has 1 aliphatic rings. The normalized spacial score (nSPS) is 18.1. The number of ether oxygens (including phenoxy) is 1. The van der Waals surface area contributed by atoms with Crippen LogP contribution in [0, 0.1) is 6.92 Å². The Kier molecular flexibility index (Phi) is 3.35. The summed E-state index contributed by atoms with van der Waals surface area (Å²) in [6.45, 7) is 2.77. The van der Waals surface area contributed by atoms with E-state index in [1.807, 2.05) is 12.4 Å². The molecule has 82 valence electrons. The fourth-order valence-corrected chi connectivity index (χ4v) is 2.52. The van der Waals surface area contributed by atoms with Crippen LogP contribution in [0.2, 0.25) is 0 Å². The smallest absolute Gasteiger partial charge is 0.116 e. The number of aromatic nitrogens is 1. The van der Waals surface area contributed by atoms with Gasteiger partial charge in [0, 0.05) is 0 Å². The van der Waals surface area contributed by atoms with Crippen LogP contribution in [-0.4, -0.2) is 11.6 Å². The van der Waals surface area contributed by atoms with Crippen molar-refractivity contribution in [2.75, 3.05) is 6.61 Å². The Hall–Kier alpha value is -0.910. The minimum absolute atomic E-state index is 0.0437. The lowest BCUT2D eigenvalue weighted by atomic mass is 10.1. The third-order valence-corrected chi connectivity index (χ3v) is 3.45. The van der Waals surface area contributed by atoms with Gasteiger partial charge < -0.3 is 4.74 Å². The van der Waals surface area contributed by atoms with Gasteiger partial charge in [-0.05, 0) is 25.8 Å². The van der Waals surface area contributed by atoms with E-state index in [0.717, 1.165) is 35.8 Å². The summed E-state index contributed by atoms with van der Waals surface area (Å²) < 4.78 is 5.61. The summed E-state index contributed by atoms with van der Waals surface area (Å²) in [6.07, 6.45) is 4.25. The molecule has 0 amide bonds. The van der Waals surface area contributed by atoms with Gasteiger partial charge in [-0.1, -0.05) is 0 Å². The van der Waals surface area contributed by atoms with Gasteiger partial charge in [0.1, 0.15) is 11.8 Å². The van der Waals surface area contributed by atoms with Crippen LogP contribution in [0.4, 0.5) is 0 Å². The van der Waals surface area contributed by atoms with Crippen LogP contribution in [0.3, 0.4) is 0 Å². The summed E-state index contributed by atoms with van der Waals surface area (Å²) in [7, 11) is 0. The molecule has 0 bridgehead atoms. The lowest BCUT2D eigenvalue weighted by Crippen LogP contribution is -2.31. The highest BCUT2D eigenvalue weighted by molar-refractivity contribution is 7.09. The van der Waals surface area contributed by atoms with Crippen LogP contribution >= 0.6 is 11.3 Å². The molecule has 1 aromatic heterocycles. The summed E-state index contributed by atoms with van der Waals surface area (Å²) >= 11 is 1.60. The third-order valence-electron chi connectivity index (χ3n) is 2.46. The van der Waals surface area contributed by atoms with Crippen LogP contribution in [0.15, 0.2) is 17.3 Å². The first kappa shape index (κ1) is 10.6. The molecule has 1 unspecified atom stereocenters. The van der Waals surface area contributed by atoms with Gasteiger partial charge in [-0.25, -0.2) is 10.4 Å². The Morgan fingerprint density at radius 1 is 1.67 bits per heavy atom. The number of thiazole rings is 1. The molecule has 2 heterocycles. The quantitative estimate of drug-likeness (QED) is 0.606. The van der Waals surface area contributed by atoms with Gasteiger partial charge in [0.25, 0.3) is 0 Å². The molecule has 0 radical (unpaired) electrons. The Morgan fingerprint density at radius 3 is 3.07 bits per heavy atom. The lowest BCUT2D eigenvalue weighted by Gasteiger charge is -2.22. The van der Waals surface area contributed by atoms with E-state index >= 15 is 0 Å². The maximum absolute atomic E-state index is 5.61. The summed E-state index contributed by atoms with van der Waals surface area (Å²) in [6, 6.07) is -0.0437. The largest absolute Gasteiger partial charge is 0.496 e. The average Bonchev–Trinajstić information content (AvgIpc) is 2.68. The lowest BCUT2D eigenvalue weighted by molar-refractivity contribution is 0.168. The van der Waals surface area contributed by atoms with Crippen LogP contribution in [-0.2, 0) is 4.74 Å². The van der Waals surface area contributed by atoms with Crippen molar-refractivity contribution in [1.82, 2.24) is 10.4 Å². The number of allylic oxidation sites excluding steroid dienone is 1. The first-order valence-corrected chi connectivity index (χ1v) is 5.90. The number of hydrogen-bond donors (Lipinski definition) is 2. The highest BCUT2D eigenvalue weighted by Gasteiger charge is 2.21. The zero-order valence-electron chi connectivity index (χ0n) is 8.69. The van der Waals surface area contributed by atoms with Crippen LogP contribution < -0.4 is 11.3 Å². The molecule has 1 aliphatic heterocycles. The van der Waals surface area contributed by atoms with Gasteiger partial charge in [0.2, 0.25) is 0 Å². The van der Waals surface area contributed by atoms with Crippen molar-refractivity contribution < 1.29 is 4.74 Å². The van der Waals surface area contributed by atoms with E-state index in [9.17, 15) is 0 Å². The van der Waals surface area contributed by atoms with Gasteiger partial charge in [-0.15, -0.1) is 11.3 Å². The molecular weight excluding hydrogens is 210 g/mol. The Bertz CT molecular complexity index is 361. The van der Waals surface area contributed by atoms with Crippen LogP contribution in [0.1, 0.15) is 29.5 Å². The summed E-state index contributed by atoms with van der Waals surface area (Å²) in [4.78, 5) is 5.35. The van der Waals surface area contributed by atoms with Crippen molar-refractivity contribution >= 4 is 11.3 Å². The number of hydrazine groups is 1. The fraction of sp³-hybridized carbons (Fsp3) is 0.500. The van der Waals surface area contributed by atoms with E-state index in [1.54, 1.807) is 11.3 Å². The molecule has 0 saturated heterocycles. The number of nitrogens with zero attached hydrogens (tertiary/aromatic N) is 1. The molecule has 0 aromatic carbocycles. The summed E-state index contributed by atoms with van der Waals surface area (Å²) in [5.74, 6) is 6.50. The van der Waals surface area contributed by atoms with Gasteiger partial charge in [0.15, 0.2) is 0 Å². The predicted octanol–water partition coefficient (Wildman–Crippen LogP) is 1.65. The molecule has 0 saturated carbocycles. The van der Waals surface area contributed by atoms with Gasteiger partial charge >= 0.3 is 0 Å². The van der Waals surface area contributed by atoms with Crippen LogP contribution in [0.5, 0.6) is 0 Å². The third kappa shape index (κ3) is 2.19. The summed E-state index contributed by atoms with van der Waals surface area (Å²) in [5.41, 5.74) is 5.64. The molecule has 0 aliphatic carbocycles. The molecule has 4 nitrogen and oxygen atoms in total. The van der Waals surface area contributed by atoms with E-state index in [4.69, 9.17) is 10.6 Å². The summed E-state index contributed by atoms with van der Waals surface area (Å²) in [5, 5.41) is 0. The molecule has 15 heavy (non-hydrogen) atoms. The number of rotatable bonds is 3. The number of hydrogen-bond acceptors (Lipinski definition) is 5. The number of nitrogens with one attached hydrogen (secondary N) is 1. The molecule has 0 fully saturated rings. The zero-order valence-corrected chi connectivity index (χ0v) is 9.51. The molecule has 2 rings (SSSR count). The molecule has 1 aromatic rings. The van der Waals surface area contributed by atoms with E-state index in [2.05, 4.69) is 16.5 Å². The monoisotopic (exact) mass is 225 g/mol. The first-order valence-electron chi connectivity index (χ1n) is 5.02.